The lowest BCUT2D eigenvalue weighted by atomic mass is 9.98. The summed E-state index contributed by atoms with van der Waals surface area (Å²) in [6, 6.07) is -1.19. The molecule has 1 aliphatic rings. The van der Waals surface area contributed by atoms with Crippen molar-refractivity contribution in [1.29, 1.82) is 0 Å². The second-order valence-electron chi connectivity index (χ2n) is 16.5. The van der Waals surface area contributed by atoms with E-state index in [1.807, 2.05) is 0 Å². The molecule has 9 atom stereocenters. The fraction of sp³-hybridized carbons (Fsp3) is 0.891. The van der Waals surface area contributed by atoms with Crippen LogP contribution in [0.2, 0.25) is 0 Å². The second-order valence-corrected chi connectivity index (χ2v) is 16.5. The zero-order valence-electron chi connectivity index (χ0n) is 36.1. The van der Waals surface area contributed by atoms with E-state index in [-0.39, 0.29) is 12.8 Å². The number of carbonyl (C=O) groups is 1. The Morgan fingerprint density at radius 2 is 1.05 bits per heavy atom. The van der Waals surface area contributed by atoms with Crippen molar-refractivity contribution in [2.45, 2.75) is 249 Å². The number of carbonyl (C=O) groups excluding carboxylic acids is 1. The first-order valence-corrected chi connectivity index (χ1v) is 23.2. The van der Waals surface area contributed by atoms with E-state index >= 15 is 0 Å². The van der Waals surface area contributed by atoms with E-state index in [4.69, 9.17) is 9.47 Å². The highest BCUT2D eigenvalue weighted by molar-refractivity contribution is 5.80. The van der Waals surface area contributed by atoms with Gasteiger partial charge in [0.1, 0.15) is 36.6 Å². The monoisotopic (exact) mass is 814 g/mol. The number of aliphatic hydroxyl groups excluding tert-OH is 7. The van der Waals surface area contributed by atoms with Crippen molar-refractivity contribution in [3.05, 3.63) is 24.3 Å². The second kappa shape index (κ2) is 36.4. The van der Waals surface area contributed by atoms with Crippen LogP contribution in [-0.2, 0) is 14.3 Å². The van der Waals surface area contributed by atoms with E-state index in [2.05, 4.69) is 43.5 Å². The highest BCUT2D eigenvalue weighted by atomic mass is 16.7. The van der Waals surface area contributed by atoms with Crippen LogP contribution >= 0.6 is 0 Å². The summed E-state index contributed by atoms with van der Waals surface area (Å²) in [7, 11) is 0. The Balaban J connectivity index is 2.41. The van der Waals surface area contributed by atoms with Crippen LogP contribution in [0.4, 0.5) is 0 Å². The van der Waals surface area contributed by atoms with Crippen molar-refractivity contribution in [3.63, 3.8) is 0 Å². The van der Waals surface area contributed by atoms with Crippen molar-refractivity contribution in [3.8, 4) is 0 Å². The molecule has 1 heterocycles. The normalized spacial score (nSPS) is 22.3. The summed E-state index contributed by atoms with van der Waals surface area (Å²) in [5.41, 5.74) is 0. The average Bonchev–Trinajstić information content (AvgIpc) is 3.21. The third-order valence-electron chi connectivity index (χ3n) is 11.2. The molecule has 0 radical (unpaired) electrons. The summed E-state index contributed by atoms with van der Waals surface area (Å²) >= 11 is 0. The molecule has 336 valence electrons. The standard InChI is InChI=1S/C46H87NO10/c1-3-5-7-9-11-13-14-15-16-17-18-19-20-21-22-23-24-26-27-29-31-33-38(49)41(51)37(36-56-46-44(54)43(53)42(52)40(35-48)57-46)47-45(55)39(50)34-32-30-28-25-12-10-8-6-4-2/h10,12,26-27,37-44,46,48-54H,3-9,11,13-25,28-36H2,1-2H3,(H,47,55)/b12-10-,27-26+. The van der Waals surface area contributed by atoms with Crippen molar-refractivity contribution in [1.82, 2.24) is 5.32 Å². The molecule has 1 aliphatic heterocycles. The summed E-state index contributed by atoms with van der Waals surface area (Å²) in [4.78, 5) is 13.0. The van der Waals surface area contributed by atoms with Crippen LogP contribution < -0.4 is 5.32 Å². The molecule has 0 aromatic carbocycles. The van der Waals surface area contributed by atoms with Crippen LogP contribution in [0, 0.1) is 0 Å². The zero-order chi connectivity index (χ0) is 41.9. The molecule has 9 unspecified atom stereocenters. The van der Waals surface area contributed by atoms with Crippen LogP contribution in [0.15, 0.2) is 24.3 Å². The predicted molar refractivity (Wildman–Crippen MR) is 229 cm³/mol. The maximum absolute atomic E-state index is 13.0. The van der Waals surface area contributed by atoms with Gasteiger partial charge < -0.3 is 50.5 Å². The molecule has 1 fully saturated rings. The highest BCUT2D eigenvalue weighted by Crippen LogP contribution is 2.23. The molecule has 0 bridgehead atoms. The smallest absolute Gasteiger partial charge is 0.249 e. The lowest BCUT2D eigenvalue weighted by Crippen LogP contribution is -2.60. The molecule has 0 saturated carbocycles. The number of hydrogen-bond donors (Lipinski definition) is 8. The molecule has 11 nitrogen and oxygen atoms in total. The van der Waals surface area contributed by atoms with Crippen LogP contribution in [0.5, 0.6) is 0 Å². The number of unbranched alkanes of at least 4 members (excludes halogenated alkanes) is 22. The molecule has 1 rings (SSSR count). The van der Waals surface area contributed by atoms with Crippen LogP contribution in [-0.4, -0.2) is 110 Å². The molecular formula is C46H87NO10. The van der Waals surface area contributed by atoms with Gasteiger partial charge in [0.2, 0.25) is 5.91 Å². The van der Waals surface area contributed by atoms with Gasteiger partial charge in [-0.2, -0.15) is 0 Å². The van der Waals surface area contributed by atoms with Crippen LogP contribution in [0.25, 0.3) is 0 Å². The fourth-order valence-corrected chi connectivity index (χ4v) is 7.30. The average molecular weight is 814 g/mol. The molecule has 1 saturated heterocycles. The maximum atomic E-state index is 13.0. The topological polar surface area (TPSA) is 189 Å². The minimum absolute atomic E-state index is 0.232. The number of aliphatic hydroxyl groups is 7. The highest BCUT2D eigenvalue weighted by Gasteiger charge is 2.44. The Hall–Kier alpha value is -1.41. The Bertz CT molecular complexity index is 981. The zero-order valence-corrected chi connectivity index (χ0v) is 36.1. The Labute approximate surface area is 346 Å². The molecule has 8 N–H and O–H groups in total. The van der Waals surface area contributed by atoms with Gasteiger partial charge in [0.15, 0.2) is 6.29 Å². The molecular weight excluding hydrogens is 727 g/mol. The lowest BCUT2D eigenvalue weighted by molar-refractivity contribution is -0.303. The third kappa shape index (κ3) is 26.4. The van der Waals surface area contributed by atoms with Gasteiger partial charge in [-0.25, -0.2) is 0 Å². The number of ether oxygens (including phenoxy) is 2. The quantitative estimate of drug-likeness (QED) is 0.0230. The van der Waals surface area contributed by atoms with Gasteiger partial charge in [0.25, 0.3) is 0 Å². The van der Waals surface area contributed by atoms with E-state index in [0.29, 0.717) is 12.8 Å². The summed E-state index contributed by atoms with van der Waals surface area (Å²) < 4.78 is 11.0. The van der Waals surface area contributed by atoms with Crippen molar-refractivity contribution in [2.75, 3.05) is 13.2 Å². The minimum atomic E-state index is -1.67. The summed E-state index contributed by atoms with van der Waals surface area (Å²) in [6.07, 6.45) is 28.3. The summed E-state index contributed by atoms with van der Waals surface area (Å²) in [6.45, 7) is 3.35. The molecule has 0 aliphatic carbocycles. The molecule has 1 amide bonds. The van der Waals surface area contributed by atoms with Crippen molar-refractivity contribution >= 4 is 5.91 Å². The number of rotatable bonds is 38. The lowest BCUT2D eigenvalue weighted by Gasteiger charge is -2.40. The molecule has 0 spiro atoms. The fourth-order valence-electron chi connectivity index (χ4n) is 7.30. The van der Waals surface area contributed by atoms with Crippen molar-refractivity contribution in [2.24, 2.45) is 0 Å². The summed E-state index contributed by atoms with van der Waals surface area (Å²) in [5.74, 6) is -0.722. The van der Waals surface area contributed by atoms with E-state index in [0.717, 1.165) is 51.4 Å². The van der Waals surface area contributed by atoms with Crippen molar-refractivity contribution < 1.29 is 50.0 Å². The van der Waals surface area contributed by atoms with E-state index < -0.39 is 74.2 Å². The first-order valence-electron chi connectivity index (χ1n) is 23.2. The largest absolute Gasteiger partial charge is 0.394 e. The van der Waals surface area contributed by atoms with Gasteiger partial charge >= 0.3 is 0 Å². The molecule has 0 aromatic heterocycles. The number of nitrogens with one attached hydrogen (secondary N) is 1. The predicted octanol–water partition coefficient (Wildman–Crippen LogP) is 7.45. The first-order chi connectivity index (χ1) is 27.7. The Morgan fingerprint density at radius 1 is 0.596 bits per heavy atom. The van der Waals surface area contributed by atoms with Gasteiger partial charge in [-0.1, -0.05) is 160 Å². The SMILES string of the molecule is CCCC/C=C\CCCCCC(O)C(=O)NC(COC1OC(CO)C(O)C(O)C1O)C(O)C(O)CCC/C=C/CCCCCCCCCCCCCCCCCC. The van der Waals surface area contributed by atoms with E-state index in [1.165, 1.54) is 103 Å². The maximum Gasteiger partial charge on any atom is 0.249 e. The first kappa shape index (κ1) is 53.6. The summed E-state index contributed by atoms with van der Waals surface area (Å²) in [5, 5.41) is 75.4. The third-order valence-corrected chi connectivity index (χ3v) is 11.2. The van der Waals surface area contributed by atoms with E-state index in [9.17, 15) is 40.5 Å². The molecule has 0 aromatic rings. The van der Waals surface area contributed by atoms with Gasteiger partial charge in [0, 0.05) is 0 Å². The number of amides is 1. The number of allylic oxidation sites excluding steroid dienone is 4. The Morgan fingerprint density at radius 3 is 1.56 bits per heavy atom. The van der Waals surface area contributed by atoms with Gasteiger partial charge in [-0.05, 0) is 57.8 Å². The van der Waals surface area contributed by atoms with Gasteiger partial charge in [-0.15, -0.1) is 0 Å². The molecule has 57 heavy (non-hydrogen) atoms. The Kier molecular flexibility index (Phi) is 34.3. The molecule has 11 heteroatoms. The minimum Gasteiger partial charge on any atom is -0.394 e. The van der Waals surface area contributed by atoms with Gasteiger partial charge in [-0.3, -0.25) is 4.79 Å². The van der Waals surface area contributed by atoms with Gasteiger partial charge in [0.05, 0.1) is 25.4 Å². The van der Waals surface area contributed by atoms with E-state index in [1.54, 1.807) is 0 Å². The van der Waals surface area contributed by atoms with Crippen LogP contribution in [0.1, 0.15) is 194 Å². The van der Waals surface area contributed by atoms with Crippen LogP contribution in [0.3, 0.4) is 0 Å². The number of hydrogen-bond acceptors (Lipinski definition) is 10.